The van der Waals surface area contributed by atoms with E-state index < -0.39 is 0 Å². The Morgan fingerprint density at radius 1 is 1.25 bits per heavy atom. The van der Waals surface area contributed by atoms with Crippen LogP contribution in [0.15, 0.2) is 24.3 Å². The highest BCUT2D eigenvalue weighted by Crippen LogP contribution is 2.16. The van der Waals surface area contributed by atoms with E-state index in [1.54, 1.807) is 36.3 Å². The number of nitrogens with zero attached hydrogens (tertiary/aromatic N) is 2. The second-order valence-electron chi connectivity index (χ2n) is 6.17. The first-order chi connectivity index (χ1) is 13.5. The lowest BCUT2D eigenvalue weighted by atomic mass is 10.3. The third kappa shape index (κ3) is 7.05. The smallest absolute Gasteiger partial charge is 0.243 e. The monoisotopic (exact) mass is 409 g/mol. The minimum absolute atomic E-state index is 0.0138. The van der Waals surface area contributed by atoms with Crippen molar-refractivity contribution in [3.63, 3.8) is 0 Å². The second-order valence-corrected chi connectivity index (χ2v) is 7.16. The summed E-state index contributed by atoms with van der Waals surface area (Å²) in [7, 11) is 1.56. The van der Waals surface area contributed by atoms with E-state index in [-0.39, 0.29) is 35.8 Å². The van der Waals surface area contributed by atoms with Gasteiger partial charge in [-0.2, -0.15) is 0 Å². The fourth-order valence-electron chi connectivity index (χ4n) is 2.67. The Bertz CT molecular complexity index is 679. The highest BCUT2D eigenvalue weighted by Gasteiger charge is 2.19. The summed E-state index contributed by atoms with van der Waals surface area (Å²) in [5.41, 5.74) is 0.610. The van der Waals surface area contributed by atoms with E-state index in [0.29, 0.717) is 44.3 Å². The molecule has 1 aromatic rings. The number of carbonyl (C=O) groups is 3. The molecule has 1 aliphatic heterocycles. The van der Waals surface area contributed by atoms with Gasteiger partial charge in [0.05, 0.1) is 38.4 Å². The summed E-state index contributed by atoms with van der Waals surface area (Å²) in [6.45, 7) is 4.51. The molecule has 0 atom stereocenters. The van der Waals surface area contributed by atoms with Crippen molar-refractivity contribution in [2.75, 3.05) is 63.3 Å². The lowest BCUT2D eigenvalue weighted by Crippen LogP contribution is -2.42. The van der Waals surface area contributed by atoms with Crippen LogP contribution in [0.3, 0.4) is 0 Å². The van der Waals surface area contributed by atoms with Gasteiger partial charge < -0.3 is 24.6 Å². The van der Waals surface area contributed by atoms with Gasteiger partial charge in [-0.1, -0.05) is 6.07 Å². The molecule has 8 nitrogen and oxygen atoms in total. The minimum atomic E-state index is -0.280. The highest BCUT2D eigenvalue weighted by molar-refractivity contribution is 8.00. The molecule has 1 N–H and O–H groups in total. The summed E-state index contributed by atoms with van der Waals surface area (Å²) < 4.78 is 10.4. The van der Waals surface area contributed by atoms with Crippen molar-refractivity contribution in [1.29, 1.82) is 0 Å². The van der Waals surface area contributed by atoms with Crippen LogP contribution in [-0.4, -0.2) is 85.5 Å². The van der Waals surface area contributed by atoms with Crippen molar-refractivity contribution in [3.8, 4) is 5.75 Å². The molecule has 0 saturated carbocycles. The first kappa shape index (κ1) is 22.0. The molecule has 9 heteroatoms. The summed E-state index contributed by atoms with van der Waals surface area (Å²) in [5.74, 6) is 0.624. The third-order valence-electron chi connectivity index (χ3n) is 4.24. The van der Waals surface area contributed by atoms with Gasteiger partial charge in [0.2, 0.25) is 17.7 Å². The van der Waals surface area contributed by atoms with Crippen LogP contribution in [0.5, 0.6) is 5.75 Å². The van der Waals surface area contributed by atoms with Gasteiger partial charge in [-0.05, 0) is 19.1 Å². The van der Waals surface area contributed by atoms with Crippen molar-refractivity contribution in [2.45, 2.75) is 6.92 Å². The van der Waals surface area contributed by atoms with Gasteiger partial charge in [0.15, 0.2) is 0 Å². The number of nitrogens with one attached hydrogen (secondary N) is 1. The van der Waals surface area contributed by atoms with Gasteiger partial charge in [-0.15, -0.1) is 11.8 Å². The highest BCUT2D eigenvalue weighted by atomic mass is 32.2. The molecular formula is C19H27N3O5S. The molecule has 0 aliphatic carbocycles. The predicted octanol–water partition coefficient (Wildman–Crippen LogP) is 1.07. The first-order valence-corrected chi connectivity index (χ1v) is 10.3. The third-order valence-corrected chi connectivity index (χ3v) is 5.14. The summed E-state index contributed by atoms with van der Waals surface area (Å²) >= 11 is 1.27. The summed E-state index contributed by atoms with van der Waals surface area (Å²) in [6.07, 6.45) is 0. The Kier molecular flexibility index (Phi) is 9.09. The van der Waals surface area contributed by atoms with Gasteiger partial charge in [0, 0.05) is 31.4 Å². The number of hydrogen-bond acceptors (Lipinski definition) is 6. The number of methoxy groups -OCH3 is 1. The van der Waals surface area contributed by atoms with Crippen LogP contribution >= 0.6 is 11.8 Å². The number of carbonyl (C=O) groups excluding carboxylic acids is 3. The molecular weight excluding hydrogens is 382 g/mol. The number of amides is 3. The van der Waals surface area contributed by atoms with E-state index in [4.69, 9.17) is 9.47 Å². The maximum absolute atomic E-state index is 12.4. The van der Waals surface area contributed by atoms with Crippen LogP contribution in [0.2, 0.25) is 0 Å². The Morgan fingerprint density at radius 3 is 2.68 bits per heavy atom. The van der Waals surface area contributed by atoms with Crippen LogP contribution < -0.4 is 10.1 Å². The van der Waals surface area contributed by atoms with Crippen LogP contribution in [0, 0.1) is 0 Å². The van der Waals surface area contributed by atoms with Gasteiger partial charge in [0.25, 0.3) is 0 Å². The summed E-state index contributed by atoms with van der Waals surface area (Å²) in [6, 6.07) is 7.03. The number of anilines is 1. The van der Waals surface area contributed by atoms with Crippen LogP contribution in [0.4, 0.5) is 5.69 Å². The maximum atomic E-state index is 12.4. The molecule has 1 aliphatic rings. The standard InChI is InChI=1S/C19H27N3O5S/c1-3-21(12-17(23)20-15-5-4-6-16(11-15)26-2)18(24)13-28-14-19(25)22-7-9-27-10-8-22/h4-6,11H,3,7-10,12-14H2,1-2H3,(H,20,23). The van der Waals surface area contributed by atoms with Gasteiger partial charge in [-0.25, -0.2) is 0 Å². The largest absolute Gasteiger partial charge is 0.497 e. The van der Waals surface area contributed by atoms with E-state index in [1.165, 1.54) is 16.7 Å². The lowest BCUT2D eigenvalue weighted by molar-refractivity contribution is -0.132. The zero-order valence-corrected chi connectivity index (χ0v) is 17.1. The van der Waals surface area contributed by atoms with E-state index in [9.17, 15) is 14.4 Å². The lowest BCUT2D eigenvalue weighted by Gasteiger charge is -2.26. The van der Waals surface area contributed by atoms with Crippen molar-refractivity contribution >= 4 is 35.2 Å². The van der Waals surface area contributed by atoms with E-state index >= 15 is 0 Å². The Balaban J connectivity index is 1.75. The number of thioether (sulfide) groups is 1. The van der Waals surface area contributed by atoms with Crippen molar-refractivity contribution < 1.29 is 23.9 Å². The Labute approximate surface area is 169 Å². The summed E-state index contributed by atoms with van der Waals surface area (Å²) in [5, 5.41) is 2.76. The molecule has 0 spiro atoms. The number of morpholine rings is 1. The fraction of sp³-hybridized carbons (Fsp3) is 0.526. The zero-order chi connectivity index (χ0) is 20.4. The SMILES string of the molecule is CCN(CC(=O)Nc1cccc(OC)c1)C(=O)CSCC(=O)N1CCOCC1. The van der Waals surface area contributed by atoms with Gasteiger partial charge in [-0.3, -0.25) is 14.4 Å². The second kappa shape index (κ2) is 11.6. The average molecular weight is 410 g/mol. The molecule has 2 rings (SSSR count). The van der Waals surface area contributed by atoms with Crippen LogP contribution in [0.25, 0.3) is 0 Å². The molecule has 0 bridgehead atoms. The van der Waals surface area contributed by atoms with Crippen molar-refractivity contribution in [2.24, 2.45) is 0 Å². The number of likely N-dealkylation sites (N-methyl/N-ethyl adjacent to an activating group) is 1. The Hall–Kier alpha value is -2.26. The molecule has 3 amide bonds. The van der Waals surface area contributed by atoms with Crippen LogP contribution in [0.1, 0.15) is 6.92 Å². The first-order valence-electron chi connectivity index (χ1n) is 9.18. The van der Waals surface area contributed by atoms with Crippen molar-refractivity contribution in [1.82, 2.24) is 9.80 Å². The zero-order valence-electron chi connectivity index (χ0n) is 16.3. The fourth-order valence-corrected chi connectivity index (χ4v) is 3.49. The molecule has 1 fully saturated rings. The maximum Gasteiger partial charge on any atom is 0.243 e. The van der Waals surface area contributed by atoms with Gasteiger partial charge >= 0.3 is 0 Å². The van der Waals surface area contributed by atoms with Crippen molar-refractivity contribution in [3.05, 3.63) is 24.3 Å². The average Bonchev–Trinajstić information content (AvgIpc) is 2.72. The number of benzene rings is 1. The quantitative estimate of drug-likeness (QED) is 0.657. The predicted molar refractivity (Wildman–Crippen MR) is 109 cm³/mol. The number of ether oxygens (including phenoxy) is 2. The molecule has 1 aromatic carbocycles. The van der Waals surface area contributed by atoms with Gasteiger partial charge in [0.1, 0.15) is 5.75 Å². The minimum Gasteiger partial charge on any atom is -0.497 e. The Morgan fingerprint density at radius 2 is 2.00 bits per heavy atom. The molecule has 0 aromatic heterocycles. The molecule has 154 valence electrons. The van der Waals surface area contributed by atoms with E-state index in [0.717, 1.165) is 0 Å². The normalized spacial score (nSPS) is 13.7. The molecule has 1 saturated heterocycles. The molecule has 28 heavy (non-hydrogen) atoms. The number of rotatable bonds is 9. The number of hydrogen-bond donors (Lipinski definition) is 1. The van der Waals surface area contributed by atoms with E-state index in [1.807, 2.05) is 6.92 Å². The molecule has 1 heterocycles. The molecule has 0 radical (unpaired) electrons. The summed E-state index contributed by atoms with van der Waals surface area (Å²) in [4.78, 5) is 40.0. The van der Waals surface area contributed by atoms with E-state index in [2.05, 4.69) is 5.32 Å². The molecule has 0 unspecified atom stereocenters. The topological polar surface area (TPSA) is 88.2 Å². The van der Waals surface area contributed by atoms with Crippen LogP contribution in [-0.2, 0) is 19.1 Å².